The number of rotatable bonds is 1. The molecule has 3 nitrogen and oxygen atoms in total. The van der Waals surface area contributed by atoms with Gasteiger partial charge in [-0.2, -0.15) is 0 Å². The molecule has 1 N–H and O–H groups in total. The minimum absolute atomic E-state index is 0.324. The Morgan fingerprint density at radius 1 is 1.11 bits per heavy atom. The second-order valence-corrected chi connectivity index (χ2v) is 5.93. The van der Waals surface area contributed by atoms with E-state index < -0.39 is 0 Å². The highest BCUT2D eigenvalue weighted by atomic mass is 16.5. The Morgan fingerprint density at radius 3 is 2.67 bits per heavy atom. The average molecular weight is 245 g/mol. The van der Waals surface area contributed by atoms with Gasteiger partial charge in [0.15, 0.2) is 11.5 Å². The summed E-state index contributed by atoms with van der Waals surface area (Å²) < 4.78 is 11.9. The molecule has 2 heterocycles. The molecule has 2 fully saturated rings. The van der Waals surface area contributed by atoms with E-state index in [1.54, 1.807) is 0 Å². The molecule has 1 unspecified atom stereocenters. The smallest absolute Gasteiger partial charge is 0.161 e. The lowest BCUT2D eigenvalue weighted by molar-refractivity contribution is 0.197. The Morgan fingerprint density at radius 2 is 1.94 bits per heavy atom. The van der Waals surface area contributed by atoms with Crippen LogP contribution in [0, 0.1) is 5.41 Å². The Bertz CT molecular complexity index is 462. The minimum atomic E-state index is 0.324. The van der Waals surface area contributed by atoms with Crippen LogP contribution in [0.4, 0.5) is 0 Å². The van der Waals surface area contributed by atoms with Crippen LogP contribution in [-0.4, -0.2) is 19.8 Å². The molecule has 96 valence electrons. The number of benzene rings is 1. The SMILES string of the molecule is c1cc2c(cc1C1CCCN1)OCC1(CC1)CO2. The molecular formula is C15H19NO2. The molecule has 1 atom stereocenters. The van der Waals surface area contributed by atoms with Gasteiger partial charge in [0.25, 0.3) is 0 Å². The summed E-state index contributed by atoms with van der Waals surface area (Å²) in [6, 6.07) is 6.92. The molecular weight excluding hydrogens is 226 g/mol. The van der Waals surface area contributed by atoms with E-state index in [1.807, 2.05) is 0 Å². The van der Waals surface area contributed by atoms with Crippen molar-refractivity contribution < 1.29 is 9.47 Å². The van der Waals surface area contributed by atoms with Gasteiger partial charge in [-0.05, 0) is 49.9 Å². The van der Waals surface area contributed by atoms with Gasteiger partial charge in [0.05, 0.1) is 13.2 Å². The monoisotopic (exact) mass is 245 g/mol. The fraction of sp³-hybridized carbons (Fsp3) is 0.600. The number of hydrogen-bond acceptors (Lipinski definition) is 3. The normalized spacial score (nSPS) is 28.1. The standard InChI is InChI=1S/C15H19NO2/c1-2-12(16-7-1)11-3-4-13-14(8-11)18-10-15(5-6-15)9-17-13/h3-4,8,12,16H,1-2,5-7,9-10H2. The first kappa shape index (κ1) is 10.7. The van der Waals surface area contributed by atoms with Crippen molar-refractivity contribution in [2.75, 3.05) is 19.8 Å². The van der Waals surface area contributed by atoms with Crippen LogP contribution >= 0.6 is 0 Å². The van der Waals surface area contributed by atoms with Crippen molar-refractivity contribution in [1.29, 1.82) is 0 Å². The lowest BCUT2D eigenvalue weighted by Crippen LogP contribution is -2.17. The molecule has 0 aromatic heterocycles. The maximum atomic E-state index is 5.97. The topological polar surface area (TPSA) is 30.5 Å². The summed E-state index contributed by atoms with van der Waals surface area (Å²) in [5.41, 5.74) is 1.66. The van der Waals surface area contributed by atoms with E-state index in [0.29, 0.717) is 11.5 Å². The first-order chi connectivity index (χ1) is 8.85. The van der Waals surface area contributed by atoms with E-state index >= 15 is 0 Å². The summed E-state index contributed by atoms with van der Waals surface area (Å²) in [6.45, 7) is 2.77. The van der Waals surface area contributed by atoms with E-state index in [2.05, 4.69) is 23.5 Å². The maximum absolute atomic E-state index is 5.97. The van der Waals surface area contributed by atoms with Crippen LogP contribution in [0.3, 0.4) is 0 Å². The molecule has 2 aliphatic heterocycles. The van der Waals surface area contributed by atoms with Gasteiger partial charge >= 0.3 is 0 Å². The molecule has 0 bridgehead atoms. The van der Waals surface area contributed by atoms with Gasteiger partial charge in [-0.1, -0.05) is 6.07 Å². The molecule has 3 aliphatic rings. The van der Waals surface area contributed by atoms with E-state index in [1.165, 1.54) is 31.2 Å². The van der Waals surface area contributed by atoms with Gasteiger partial charge in [-0.25, -0.2) is 0 Å². The first-order valence-electron chi connectivity index (χ1n) is 6.98. The second kappa shape index (κ2) is 3.89. The fourth-order valence-electron chi connectivity index (χ4n) is 2.91. The molecule has 1 saturated heterocycles. The van der Waals surface area contributed by atoms with Crippen molar-refractivity contribution in [3.8, 4) is 11.5 Å². The number of fused-ring (bicyclic) bond motifs is 1. The molecule has 0 radical (unpaired) electrons. The van der Waals surface area contributed by atoms with Crippen molar-refractivity contribution in [2.24, 2.45) is 5.41 Å². The summed E-state index contributed by atoms with van der Waals surface area (Å²) in [4.78, 5) is 0. The minimum Gasteiger partial charge on any atom is -0.489 e. The summed E-state index contributed by atoms with van der Waals surface area (Å²) in [5, 5.41) is 3.53. The largest absolute Gasteiger partial charge is 0.489 e. The van der Waals surface area contributed by atoms with Crippen LogP contribution in [0.15, 0.2) is 18.2 Å². The molecule has 1 aromatic carbocycles. The van der Waals surface area contributed by atoms with E-state index in [-0.39, 0.29) is 0 Å². The van der Waals surface area contributed by atoms with Crippen molar-refractivity contribution in [1.82, 2.24) is 5.32 Å². The second-order valence-electron chi connectivity index (χ2n) is 5.93. The fourth-order valence-corrected chi connectivity index (χ4v) is 2.91. The quantitative estimate of drug-likeness (QED) is 0.825. The molecule has 1 spiro atoms. The average Bonchev–Trinajstić information content (AvgIpc) is 3.02. The summed E-state index contributed by atoms with van der Waals surface area (Å²) in [7, 11) is 0. The Balaban J connectivity index is 1.61. The molecule has 18 heavy (non-hydrogen) atoms. The lowest BCUT2D eigenvalue weighted by atomic mass is 10.0. The Hall–Kier alpha value is -1.22. The number of hydrogen-bond donors (Lipinski definition) is 1. The third-order valence-corrected chi connectivity index (χ3v) is 4.46. The van der Waals surface area contributed by atoms with Crippen LogP contribution in [-0.2, 0) is 0 Å². The zero-order valence-electron chi connectivity index (χ0n) is 10.6. The summed E-state index contributed by atoms with van der Waals surface area (Å²) >= 11 is 0. The number of nitrogens with one attached hydrogen (secondary N) is 1. The molecule has 1 aromatic rings. The van der Waals surface area contributed by atoms with E-state index in [0.717, 1.165) is 31.3 Å². The predicted octanol–water partition coefficient (Wildman–Crippen LogP) is 2.66. The lowest BCUT2D eigenvalue weighted by Gasteiger charge is -2.13. The predicted molar refractivity (Wildman–Crippen MR) is 69.1 cm³/mol. The highest BCUT2D eigenvalue weighted by molar-refractivity contribution is 5.44. The third kappa shape index (κ3) is 1.77. The van der Waals surface area contributed by atoms with Gasteiger partial charge in [0.1, 0.15) is 0 Å². The van der Waals surface area contributed by atoms with Gasteiger partial charge in [0, 0.05) is 11.5 Å². The van der Waals surface area contributed by atoms with Crippen LogP contribution in [0.25, 0.3) is 0 Å². The van der Waals surface area contributed by atoms with Crippen molar-refractivity contribution in [3.05, 3.63) is 23.8 Å². The molecule has 0 amide bonds. The van der Waals surface area contributed by atoms with Crippen LogP contribution in [0.2, 0.25) is 0 Å². The van der Waals surface area contributed by atoms with Crippen molar-refractivity contribution in [2.45, 2.75) is 31.7 Å². The summed E-state index contributed by atoms with van der Waals surface area (Å²) in [5.74, 6) is 1.85. The van der Waals surface area contributed by atoms with Gasteiger partial charge in [-0.3, -0.25) is 0 Å². The molecule has 3 heteroatoms. The van der Waals surface area contributed by atoms with Crippen LogP contribution < -0.4 is 14.8 Å². The van der Waals surface area contributed by atoms with E-state index in [4.69, 9.17) is 9.47 Å². The van der Waals surface area contributed by atoms with Crippen LogP contribution in [0.5, 0.6) is 11.5 Å². The zero-order chi connectivity index (χ0) is 12.0. The number of ether oxygens (including phenoxy) is 2. The van der Waals surface area contributed by atoms with Crippen molar-refractivity contribution >= 4 is 0 Å². The molecule has 1 saturated carbocycles. The maximum Gasteiger partial charge on any atom is 0.161 e. The first-order valence-corrected chi connectivity index (χ1v) is 6.98. The Labute approximate surface area is 107 Å². The highest BCUT2D eigenvalue weighted by Gasteiger charge is 2.46. The van der Waals surface area contributed by atoms with E-state index in [9.17, 15) is 0 Å². The summed E-state index contributed by atoms with van der Waals surface area (Å²) in [6.07, 6.45) is 4.99. The zero-order valence-corrected chi connectivity index (χ0v) is 10.6. The highest BCUT2D eigenvalue weighted by Crippen LogP contribution is 2.49. The van der Waals surface area contributed by atoms with Crippen molar-refractivity contribution in [3.63, 3.8) is 0 Å². The van der Waals surface area contributed by atoms with Gasteiger partial charge in [0.2, 0.25) is 0 Å². The van der Waals surface area contributed by atoms with Gasteiger partial charge in [-0.15, -0.1) is 0 Å². The van der Waals surface area contributed by atoms with Gasteiger partial charge < -0.3 is 14.8 Å². The van der Waals surface area contributed by atoms with Crippen LogP contribution in [0.1, 0.15) is 37.3 Å². The molecule has 1 aliphatic carbocycles. The third-order valence-electron chi connectivity index (χ3n) is 4.46. The molecule has 4 rings (SSSR count). The Kier molecular flexibility index (Phi) is 2.31.